The van der Waals surface area contributed by atoms with Gasteiger partial charge in [-0.2, -0.15) is 0 Å². The molecule has 1 atom stereocenters. The zero-order chi connectivity index (χ0) is 19.3. The third-order valence-corrected chi connectivity index (χ3v) is 5.86. The van der Waals surface area contributed by atoms with E-state index in [-0.39, 0.29) is 12.1 Å². The van der Waals surface area contributed by atoms with Gasteiger partial charge in [0.1, 0.15) is 5.75 Å². The van der Waals surface area contributed by atoms with Crippen LogP contribution in [-0.2, 0) is 0 Å². The highest BCUT2D eigenvalue weighted by Gasteiger charge is 2.30. The van der Waals surface area contributed by atoms with E-state index in [1.165, 1.54) is 19.3 Å². The van der Waals surface area contributed by atoms with Crippen LogP contribution in [-0.4, -0.2) is 37.7 Å². The number of rotatable bonds is 4. The molecule has 2 aliphatic rings. The number of benzene rings is 2. The van der Waals surface area contributed by atoms with Gasteiger partial charge in [-0.1, -0.05) is 24.3 Å². The van der Waals surface area contributed by atoms with Gasteiger partial charge in [-0.3, -0.25) is 0 Å². The van der Waals surface area contributed by atoms with Crippen molar-refractivity contribution in [2.45, 2.75) is 38.1 Å². The van der Waals surface area contributed by atoms with Crippen molar-refractivity contribution >= 4 is 17.4 Å². The molecular weight excluding hydrogens is 350 g/mol. The minimum absolute atomic E-state index is 0.0113. The number of nitrogens with zero attached hydrogens (tertiary/aromatic N) is 2. The van der Waals surface area contributed by atoms with Crippen LogP contribution in [0.4, 0.5) is 16.2 Å². The number of ether oxygens (including phenoxy) is 1. The lowest BCUT2D eigenvalue weighted by Gasteiger charge is -2.31. The maximum absolute atomic E-state index is 13.1. The first-order chi connectivity index (χ1) is 13.8. The van der Waals surface area contributed by atoms with Gasteiger partial charge < -0.3 is 19.9 Å². The molecule has 2 amide bonds. The monoisotopic (exact) mass is 379 g/mol. The van der Waals surface area contributed by atoms with Crippen molar-refractivity contribution in [1.29, 1.82) is 0 Å². The maximum atomic E-state index is 13.1. The molecule has 2 aromatic carbocycles. The van der Waals surface area contributed by atoms with Crippen LogP contribution in [0.15, 0.2) is 48.5 Å². The minimum atomic E-state index is -0.0113. The molecule has 148 valence electrons. The zero-order valence-electron chi connectivity index (χ0n) is 16.6. The molecule has 2 fully saturated rings. The molecule has 4 rings (SSSR count). The van der Waals surface area contributed by atoms with Gasteiger partial charge in [0.05, 0.1) is 24.5 Å². The molecule has 0 radical (unpaired) electrons. The van der Waals surface area contributed by atoms with Crippen molar-refractivity contribution in [2.75, 3.05) is 37.0 Å². The molecule has 2 heterocycles. The van der Waals surface area contributed by atoms with E-state index in [1.807, 2.05) is 29.2 Å². The number of methoxy groups -OCH3 is 1. The SMILES string of the molecule is COc1ccc([C@H]2CCCN2C(=O)Nc2ccccc2N2CCCCC2)cc1. The lowest BCUT2D eigenvalue weighted by molar-refractivity contribution is 0.207. The van der Waals surface area contributed by atoms with Crippen molar-refractivity contribution in [1.82, 2.24) is 4.90 Å². The van der Waals surface area contributed by atoms with Gasteiger partial charge in [-0.25, -0.2) is 4.79 Å². The van der Waals surface area contributed by atoms with Gasteiger partial charge >= 0.3 is 6.03 Å². The molecule has 5 nitrogen and oxygen atoms in total. The zero-order valence-corrected chi connectivity index (χ0v) is 16.6. The van der Waals surface area contributed by atoms with Crippen LogP contribution in [0.2, 0.25) is 0 Å². The largest absolute Gasteiger partial charge is 0.497 e. The second-order valence-corrected chi connectivity index (χ2v) is 7.62. The van der Waals surface area contributed by atoms with E-state index in [2.05, 4.69) is 34.5 Å². The number of nitrogens with one attached hydrogen (secondary N) is 1. The number of para-hydroxylation sites is 2. The summed E-state index contributed by atoms with van der Waals surface area (Å²) in [5.41, 5.74) is 3.21. The number of likely N-dealkylation sites (tertiary alicyclic amines) is 1. The van der Waals surface area contributed by atoms with Gasteiger partial charge in [0.25, 0.3) is 0 Å². The molecule has 1 N–H and O–H groups in total. The van der Waals surface area contributed by atoms with Crippen LogP contribution >= 0.6 is 0 Å². The Morgan fingerprint density at radius 1 is 0.964 bits per heavy atom. The van der Waals surface area contributed by atoms with Gasteiger partial charge in [0.2, 0.25) is 0 Å². The van der Waals surface area contributed by atoms with E-state index < -0.39 is 0 Å². The van der Waals surface area contributed by atoms with Gasteiger partial charge in [-0.05, 0) is 61.9 Å². The standard InChI is InChI=1S/C23H29N3O2/c1-28-19-13-11-18(12-14-19)21-10-7-17-26(21)23(27)24-20-8-3-4-9-22(20)25-15-5-2-6-16-25/h3-4,8-9,11-14,21H,2,5-7,10,15-17H2,1H3,(H,24,27)/t21-/m1/s1. The quantitative estimate of drug-likeness (QED) is 0.808. The summed E-state index contributed by atoms with van der Waals surface area (Å²) < 4.78 is 5.26. The van der Waals surface area contributed by atoms with E-state index in [0.29, 0.717) is 0 Å². The molecule has 0 unspecified atom stereocenters. The number of urea groups is 1. The summed E-state index contributed by atoms with van der Waals surface area (Å²) in [7, 11) is 1.67. The van der Waals surface area contributed by atoms with Gasteiger partial charge in [-0.15, -0.1) is 0 Å². The summed E-state index contributed by atoms with van der Waals surface area (Å²) in [4.78, 5) is 17.5. The topological polar surface area (TPSA) is 44.8 Å². The van der Waals surface area contributed by atoms with Gasteiger partial charge in [0, 0.05) is 19.6 Å². The number of carbonyl (C=O) groups excluding carboxylic acids is 1. The smallest absolute Gasteiger partial charge is 0.322 e. The molecule has 0 saturated carbocycles. The van der Waals surface area contributed by atoms with Crippen molar-refractivity contribution in [2.24, 2.45) is 0 Å². The second-order valence-electron chi connectivity index (χ2n) is 7.62. The molecule has 0 aliphatic carbocycles. The van der Waals surface area contributed by atoms with Crippen LogP contribution in [0.3, 0.4) is 0 Å². The number of piperidine rings is 1. The fourth-order valence-corrected chi connectivity index (χ4v) is 4.36. The Bertz CT molecular complexity index is 800. The fourth-order valence-electron chi connectivity index (χ4n) is 4.36. The van der Waals surface area contributed by atoms with E-state index in [4.69, 9.17) is 4.74 Å². The summed E-state index contributed by atoms with van der Waals surface area (Å²) in [6, 6.07) is 16.4. The average Bonchev–Trinajstić information content (AvgIpc) is 3.25. The molecular formula is C23H29N3O2. The summed E-state index contributed by atoms with van der Waals surface area (Å²) in [5, 5.41) is 3.19. The van der Waals surface area contributed by atoms with Crippen molar-refractivity contribution in [3.8, 4) is 5.75 Å². The van der Waals surface area contributed by atoms with E-state index >= 15 is 0 Å². The molecule has 0 spiro atoms. The number of carbonyl (C=O) groups is 1. The number of hydrogen-bond donors (Lipinski definition) is 1. The highest BCUT2D eigenvalue weighted by atomic mass is 16.5. The summed E-state index contributed by atoms with van der Waals surface area (Å²) in [5.74, 6) is 0.841. The van der Waals surface area contributed by atoms with Crippen LogP contribution in [0, 0.1) is 0 Å². The first-order valence-electron chi connectivity index (χ1n) is 10.3. The predicted octanol–water partition coefficient (Wildman–Crippen LogP) is 5.05. The minimum Gasteiger partial charge on any atom is -0.497 e. The highest BCUT2D eigenvalue weighted by Crippen LogP contribution is 2.34. The Morgan fingerprint density at radius 2 is 1.71 bits per heavy atom. The maximum Gasteiger partial charge on any atom is 0.322 e. The van der Waals surface area contributed by atoms with Crippen molar-refractivity contribution in [3.63, 3.8) is 0 Å². The van der Waals surface area contributed by atoms with Gasteiger partial charge in [0.15, 0.2) is 0 Å². The van der Waals surface area contributed by atoms with E-state index in [9.17, 15) is 4.79 Å². The lowest BCUT2D eigenvalue weighted by Crippen LogP contribution is -2.35. The Balaban J connectivity index is 1.50. The Morgan fingerprint density at radius 3 is 2.46 bits per heavy atom. The number of anilines is 2. The first-order valence-corrected chi connectivity index (χ1v) is 10.3. The number of hydrogen-bond acceptors (Lipinski definition) is 3. The van der Waals surface area contributed by atoms with Crippen LogP contribution < -0.4 is 15.0 Å². The van der Waals surface area contributed by atoms with E-state index in [1.54, 1.807) is 7.11 Å². The summed E-state index contributed by atoms with van der Waals surface area (Å²) >= 11 is 0. The fraction of sp³-hybridized carbons (Fsp3) is 0.435. The Kier molecular flexibility index (Phi) is 5.70. The molecule has 0 bridgehead atoms. The molecule has 0 aromatic heterocycles. The average molecular weight is 380 g/mol. The molecule has 28 heavy (non-hydrogen) atoms. The summed E-state index contributed by atoms with van der Waals surface area (Å²) in [6.45, 7) is 2.91. The number of amides is 2. The van der Waals surface area contributed by atoms with Crippen molar-refractivity contribution < 1.29 is 9.53 Å². The third kappa shape index (κ3) is 3.93. The normalized spacial score (nSPS) is 19.5. The highest BCUT2D eigenvalue weighted by molar-refractivity contribution is 5.93. The first kappa shape index (κ1) is 18.7. The lowest BCUT2D eigenvalue weighted by atomic mass is 10.0. The Hall–Kier alpha value is -2.69. The molecule has 2 aliphatic heterocycles. The van der Waals surface area contributed by atoms with Crippen LogP contribution in [0.1, 0.15) is 43.7 Å². The summed E-state index contributed by atoms with van der Waals surface area (Å²) in [6.07, 6.45) is 5.75. The van der Waals surface area contributed by atoms with Crippen LogP contribution in [0.5, 0.6) is 5.75 Å². The molecule has 5 heteroatoms. The molecule has 2 aromatic rings. The van der Waals surface area contributed by atoms with Crippen LogP contribution in [0.25, 0.3) is 0 Å². The van der Waals surface area contributed by atoms with E-state index in [0.717, 1.165) is 55.2 Å². The Labute approximate surface area is 167 Å². The predicted molar refractivity (Wildman–Crippen MR) is 113 cm³/mol. The molecule has 2 saturated heterocycles. The second kappa shape index (κ2) is 8.55. The third-order valence-electron chi connectivity index (χ3n) is 5.86. The van der Waals surface area contributed by atoms with Crippen molar-refractivity contribution in [3.05, 3.63) is 54.1 Å².